The Morgan fingerprint density at radius 3 is 2.65 bits per heavy atom. The van der Waals surface area contributed by atoms with E-state index >= 15 is 0 Å². The van der Waals surface area contributed by atoms with Crippen LogP contribution in [0.15, 0.2) is 89.8 Å². The maximum absolute atomic E-state index is 13.2. The summed E-state index contributed by atoms with van der Waals surface area (Å²) in [6.45, 7) is 2.34. The number of ketones is 1. The highest BCUT2D eigenvalue weighted by molar-refractivity contribution is 7.07. The number of aromatic nitrogens is 1. The van der Waals surface area contributed by atoms with Crippen molar-refractivity contribution in [2.24, 2.45) is 0 Å². The predicted molar refractivity (Wildman–Crippen MR) is 144 cm³/mol. The fourth-order valence-electron chi connectivity index (χ4n) is 3.79. The lowest BCUT2D eigenvalue weighted by Gasteiger charge is -2.22. The second kappa shape index (κ2) is 12.6. The van der Waals surface area contributed by atoms with Crippen LogP contribution in [0.3, 0.4) is 0 Å². The van der Waals surface area contributed by atoms with E-state index in [2.05, 4.69) is 4.98 Å². The molecule has 7 heteroatoms. The molecule has 0 spiro atoms. The second-order valence-corrected chi connectivity index (χ2v) is 9.21. The van der Waals surface area contributed by atoms with Crippen LogP contribution < -0.4 is 9.47 Å². The average molecular weight is 514 g/mol. The van der Waals surface area contributed by atoms with Crippen molar-refractivity contribution in [2.75, 3.05) is 0 Å². The van der Waals surface area contributed by atoms with Gasteiger partial charge < -0.3 is 14.6 Å². The van der Waals surface area contributed by atoms with Crippen LogP contribution in [-0.4, -0.2) is 21.8 Å². The Morgan fingerprint density at radius 1 is 1.08 bits per heavy atom. The van der Waals surface area contributed by atoms with Crippen LogP contribution in [0.1, 0.15) is 51.7 Å². The number of rotatable bonds is 12. The lowest BCUT2D eigenvalue weighted by molar-refractivity contribution is -0.137. The maximum atomic E-state index is 13.2. The van der Waals surface area contributed by atoms with Crippen LogP contribution >= 0.6 is 11.3 Å². The third-order valence-corrected chi connectivity index (χ3v) is 6.45. The van der Waals surface area contributed by atoms with E-state index in [1.165, 1.54) is 6.08 Å². The molecular weight excluding hydrogens is 486 g/mol. The molecule has 0 radical (unpaired) electrons. The van der Waals surface area contributed by atoms with Crippen LogP contribution in [0.5, 0.6) is 11.5 Å². The molecule has 0 saturated carbocycles. The molecular formula is C30H27NO5S. The summed E-state index contributed by atoms with van der Waals surface area (Å²) in [7, 11) is 0. The monoisotopic (exact) mass is 513 g/mol. The third-order valence-electron chi connectivity index (χ3n) is 5.72. The van der Waals surface area contributed by atoms with Crippen LogP contribution in [0, 0.1) is 6.92 Å². The molecule has 2 heterocycles. The van der Waals surface area contributed by atoms with Crippen molar-refractivity contribution >= 4 is 29.2 Å². The Morgan fingerprint density at radius 2 is 1.92 bits per heavy atom. The lowest BCUT2D eigenvalue weighted by atomic mass is 9.99. The number of carboxylic acids is 1. The molecule has 0 amide bonds. The highest BCUT2D eigenvalue weighted by atomic mass is 32.1. The van der Waals surface area contributed by atoms with E-state index in [1.54, 1.807) is 41.8 Å². The summed E-state index contributed by atoms with van der Waals surface area (Å²) < 4.78 is 12.4. The molecule has 4 rings (SSSR count). The molecule has 0 aliphatic rings. The van der Waals surface area contributed by atoms with Crippen molar-refractivity contribution in [3.63, 3.8) is 0 Å². The van der Waals surface area contributed by atoms with Crippen molar-refractivity contribution in [3.05, 3.63) is 118 Å². The Hall–Kier alpha value is -4.23. The van der Waals surface area contributed by atoms with Crippen molar-refractivity contribution in [1.29, 1.82) is 0 Å². The van der Waals surface area contributed by atoms with E-state index in [4.69, 9.17) is 9.47 Å². The van der Waals surface area contributed by atoms with Gasteiger partial charge in [-0.05, 0) is 83.3 Å². The van der Waals surface area contributed by atoms with E-state index in [0.29, 0.717) is 29.4 Å². The number of carbonyl (C=O) groups is 2. The van der Waals surface area contributed by atoms with E-state index in [1.807, 2.05) is 66.2 Å². The number of ether oxygens (including phenoxy) is 2. The fraction of sp³-hybridized carbons (Fsp3) is 0.167. The summed E-state index contributed by atoms with van der Waals surface area (Å²) in [5.41, 5.74) is 3.91. The minimum Gasteiger partial charge on any atom is -0.489 e. The molecule has 0 bridgehead atoms. The molecule has 0 fully saturated rings. The Bertz CT molecular complexity index is 1370. The van der Waals surface area contributed by atoms with Gasteiger partial charge >= 0.3 is 5.97 Å². The molecule has 37 heavy (non-hydrogen) atoms. The smallest absolute Gasteiger partial charge is 0.303 e. The highest BCUT2D eigenvalue weighted by Crippen LogP contribution is 2.33. The molecule has 188 valence electrons. The van der Waals surface area contributed by atoms with Gasteiger partial charge in [-0.1, -0.05) is 30.3 Å². The molecule has 0 aliphatic carbocycles. The number of carboxylic acid groups (broad SMARTS) is 1. The molecule has 0 aliphatic heterocycles. The number of aryl methyl sites for hydroxylation is 1. The summed E-state index contributed by atoms with van der Waals surface area (Å²) >= 11 is 1.59. The number of hydrogen-bond donors (Lipinski definition) is 1. The topological polar surface area (TPSA) is 85.7 Å². The Kier molecular flexibility index (Phi) is 8.84. The molecule has 2 aromatic carbocycles. The zero-order chi connectivity index (χ0) is 26.0. The Labute approximate surface area is 219 Å². The normalized spacial score (nSPS) is 11.8. The number of aliphatic carboxylic acids is 1. The first-order chi connectivity index (χ1) is 18.0. The van der Waals surface area contributed by atoms with E-state index < -0.39 is 12.1 Å². The molecule has 1 unspecified atom stereocenters. The Balaban J connectivity index is 1.66. The van der Waals surface area contributed by atoms with Gasteiger partial charge in [-0.15, -0.1) is 0 Å². The van der Waals surface area contributed by atoms with E-state index in [0.717, 1.165) is 16.7 Å². The van der Waals surface area contributed by atoms with E-state index in [-0.39, 0.29) is 18.6 Å². The van der Waals surface area contributed by atoms with Crippen LogP contribution in [0.25, 0.3) is 6.08 Å². The van der Waals surface area contributed by atoms with Gasteiger partial charge in [0.1, 0.15) is 24.2 Å². The summed E-state index contributed by atoms with van der Waals surface area (Å²) in [5, 5.41) is 13.3. The summed E-state index contributed by atoms with van der Waals surface area (Å²) in [6.07, 6.45) is 4.38. The zero-order valence-electron chi connectivity index (χ0n) is 20.4. The predicted octanol–water partition coefficient (Wildman–Crippen LogP) is 6.91. The van der Waals surface area contributed by atoms with Gasteiger partial charge in [-0.25, -0.2) is 0 Å². The van der Waals surface area contributed by atoms with Crippen LogP contribution in [0.4, 0.5) is 0 Å². The zero-order valence-corrected chi connectivity index (χ0v) is 21.2. The molecule has 1 atom stereocenters. The van der Waals surface area contributed by atoms with Crippen molar-refractivity contribution in [1.82, 2.24) is 4.98 Å². The van der Waals surface area contributed by atoms with Crippen molar-refractivity contribution < 1.29 is 24.2 Å². The van der Waals surface area contributed by atoms with Gasteiger partial charge in [-0.2, -0.15) is 11.3 Å². The quantitative estimate of drug-likeness (QED) is 0.164. The first-order valence-corrected chi connectivity index (χ1v) is 12.8. The van der Waals surface area contributed by atoms with E-state index in [9.17, 15) is 14.7 Å². The SMILES string of the molecule is Cc1ccccc1C(CCC(=O)O)Oc1cc(OCc2ccsc2)ccc1C(=O)C=Cc1ccccn1. The summed E-state index contributed by atoms with van der Waals surface area (Å²) in [5.74, 6) is -0.290. The van der Waals surface area contributed by atoms with Gasteiger partial charge in [0, 0.05) is 18.7 Å². The first-order valence-electron chi connectivity index (χ1n) is 11.8. The molecule has 2 aromatic heterocycles. The number of thiophene rings is 1. The molecule has 4 aromatic rings. The van der Waals surface area contributed by atoms with Crippen LogP contribution in [0.2, 0.25) is 0 Å². The lowest BCUT2D eigenvalue weighted by Crippen LogP contribution is -2.13. The molecule has 6 nitrogen and oxygen atoms in total. The van der Waals surface area contributed by atoms with Gasteiger partial charge in [0.2, 0.25) is 0 Å². The fourth-order valence-corrected chi connectivity index (χ4v) is 4.45. The van der Waals surface area contributed by atoms with Crippen LogP contribution in [-0.2, 0) is 11.4 Å². The first kappa shape index (κ1) is 25.9. The minimum absolute atomic E-state index is 0.0732. The summed E-state index contributed by atoms with van der Waals surface area (Å²) in [6, 6.07) is 20.2. The van der Waals surface area contributed by atoms with Gasteiger partial charge in [0.05, 0.1) is 11.3 Å². The molecule has 1 N–H and O–H groups in total. The standard InChI is InChI=1S/C30H27NO5S/c1-21-6-2-3-8-25(21)28(13-14-30(33)34)36-29-18-24(35-19-22-15-17-37-20-22)10-11-26(29)27(32)12-9-23-7-4-5-16-31-23/h2-12,15-18,20,28H,13-14,19H2,1H3,(H,33,34). The van der Waals surface area contributed by atoms with Crippen molar-refractivity contribution in [2.45, 2.75) is 32.5 Å². The van der Waals surface area contributed by atoms with Gasteiger partial charge in [0.25, 0.3) is 0 Å². The minimum atomic E-state index is -0.912. The van der Waals surface area contributed by atoms with Gasteiger partial charge in [0.15, 0.2) is 5.78 Å². The molecule has 0 saturated heterocycles. The second-order valence-electron chi connectivity index (χ2n) is 8.43. The number of allylic oxidation sites excluding steroid dienone is 1. The number of carbonyl (C=O) groups excluding carboxylic acids is 1. The number of hydrogen-bond acceptors (Lipinski definition) is 6. The van der Waals surface area contributed by atoms with Crippen molar-refractivity contribution in [3.8, 4) is 11.5 Å². The average Bonchev–Trinajstić information content (AvgIpc) is 3.43. The maximum Gasteiger partial charge on any atom is 0.303 e. The van der Waals surface area contributed by atoms with Gasteiger partial charge in [-0.3, -0.25) is 14.6 Å². The number of benzene rings is 2. The third kappa shape index (κ3) is 7.38. The highest BCUT2D eigenvalue weighted by Gasteiger charge is 2.21. The number of nitrogens with zero attached hydrogens (tertiary/aromatic N) is 1. The number of pyridine rings is 1. The largest absolute Gasteiger partial charge is 0.489 e. The summed E-state index contributed by atoms with van der Waals surface area (Å²) in [4.78, 5) is 28.8.